The standard InChI is InChI=1S/C18H19NO5/c1-22-15-9-8-14(10-16(15)23-2)18(21)19-11-17(20)24-12-13-6-4-3-5-7-13/h3-10H,11-12H2,1-2H3,(H,19,21). The van der Waals surface area contributed by atoms with Crippen molar-refractivity contribution < 1.29 is 23.8 Å². The van der Waals surface area contributed by atoms with E-state index < -0.39 is 11.9 Å². The average Bonchev–Trinajstić information content (AvgIpc) is 2.64. The van der Waals surface area contributed by atoms with Gasteiger partial charge in [-0.05, 0) is 23.8 Å². The second kappa shape index (κ2) is 8.57. The van der Waals surface area contributed by atoms with Crippen LogP contribution in [0.3, 0.4) is 0 Å². The topological polar surface area (TPSA) is 73.9 Å². The molecule has 0 aliphatic heterocycles. The molecule has 0 saturated carbocycles. The highest BCUT2D eigenvalue weighted by atomic mass is 16.5. The Balaban J connectivity index is 1.85. The quantitative estimate of drug-likeness (QED) is 0.788. The van der Waals surface area contributed by atoms with E-state index in [4.69, 9.17) is 14.2 Å². The normalized spacial score (nSPS) is 9.92. The molecule has 1 amide bonds. The Bertz CT molecular complexity index is 700. The molecule has 2 rings (SSSR count). The monoisotopic (exact) mass is 329 g/mol. The van der Waals surface area contributed by atoms with Crippen LogP contribution in [0.5, 0.6) is 11.5 Å². The number of methoxy groups -OCH3 is 2. The Morgan fingerprint density at radius 1 is 0.958 bits per heavy atom. The van der Waals surface area contributed by atoms with E-state index in [0.29, 0.717) is 17.1 Å². The van der Waals surface area contributed by atoms with Crippen molar-refractivity contribution in [3.63, 3.8) is 0 Å². The molecular formula is C18H19NO5. The van der Waals surface area contributed by atoms with Crippen LogP contribution in [0.4, 0.5) is 0 Å². The number of amides is 1. The van der Waals surface area contributed by atoms with Gasteiger partial charge in [0.15, 0.2) is 11.5 Å². The molecule has 0 saturated heterocycles. The second-order valence-corrected chi connectivity index (χ2v) is 4.90. The molecule has 1 N–H and O–H groups in total. The lowest BCUT2D eigenvalue weighted by Gasteiger charge is -2.10. The van der Waals surface area contributed by atoms with Gasteiger partial charge in [-0.2, -0.15) is 0 Å². The van der Waals surface area contributed by atoms with Gasteiger partial charge in [-0.25, -0.2) is 0 Å². The van der Waals surface area contributed by atoms with E-state index in [0.717, 1.165) is 5.56 Å². The smallest absolute Gasteiger partial charge is 0.325 e. The lowest BCUT2D eigenvalue weighted by molar-refractivity contribution is -0.143. The van der Waals surface area contributed by atoms with Crippen molar-refractivity contribution in [2.75, 3.05) is 20.8 Å². The van der Waals surface area contributed by atoms with E-state index >= 15 is 0 Å². The number of hydrogen-bond donors (Lipinski definition) is 1. The van der Waals surface area contributed by atoms with Crippen molar-refractivity contribution in [1.82, 2.24) is 5.32 Å². The predicted molar refractivity (Wildman–Crippen MR) is 88.1 cm³/mol. The first-order valence-electron chi connectivity index (χ1n) is 7.34. The zero-order valence-corrected chi connectivity index (χ0v) is 13.6. The highest BCUT2D eigenvalue weighted by molar-refractivity contribution is 5.96. The molecule has 0 heterocycles. The Kier molecular flexibility index (Phi) is 6.19. The molecule has 0 atom stereocenters. The Hall–Kier alpha value is -3.02. The summed E-state index contributed by atoms with van der Waals surface area (Å²) in [7, 11) is 3.00. The van der Waals surface area contributed by atoms with Crippen LogP contribution in [0, 0.1) is 0 Å². The van der Waals surface area contributed by atoms with Gasteiger partial charge < -0.3 is 19.5 Å². The summed E-state index contributed by atoms with van der Waals surface area (Å²) in [6, 6.07) is 14.1. The molecule has 0 aromatic heterocycles. The molecule has 2 aromatic carbocycles. The molecule has 6 heteroatoms. The van der Waals surface area contributed by atoms with Crippen molar-refractivity contribution in [3.05, 3.63) is 59.7 Å². The van der Waals surface area contributed by atoms with Crippen molar-refractivity contribution in [3.8, 4) is 11.5 Å². The minimum absolute atomic E-state index is 0.173. The van der Waals surface area contributed by atoms with Gasteiger partial charge in [0.25, 0.3) is 5.91 Å². The van der Waals surface area contributed by atoms with Crippen LogP contribution in [-0.4, -0.2) is 32.6 Å². The lowest BCUT2D eigenvalue weighted by atomic mass is 10.2. The third-order valence-electron chi connectivity index (χ3n) is 3.28. The second-order valence-electron chi connectivity index (χ2n) is 4.90. The van der Waals surface area contributed by atoms with Gasteiger partial charge in [-0.3, -0.25) is 9.59 Å². The summed E-state index contributed by atoms with van der Waals surface area (Å²) in [4.78, 5) is 23.8. The van der Waals surface area contributed by atoms with E-state index in [1.807, 2.05) is 30.3 Å². The van der Waals surface area contributed by atoms with Gasteiger partial charge >= 0.3 is 5.97 Å². The zero-order valence-electron chi connectivity index (χ0n) is 13.6. The van der Waals surface area contributed by atoms with E-state index in [2.05, 4.69) is 5.32 Å². The fraction of sp³-hybridized carbons (Fsp3) is 0.222. The van der Waals surface area contributed by atoms with Gasteiger partial charge in [0.1, 0.15) is 13.2 Å². The maximum absolute atomic E-state index is 12.1. The lowest BCUT2D eigenvalue weighted by Crippen LogP contribution is -2.30. The first-order valence-corrected chi connectivity index (χ1v) is 7.34. The molecule has 0 radical (unpaired) electrons. The van der Waals surface area contributed by atoms with Gasteiger partial charge in [-0.1, -0.05) is 30.3 Å². The minimum atomic E-state index is -0.507. The van der Waals surface area contributed by atoms with Crippen molar-refractivity contribution in [2.45, 2.75) is 6.61 Å². The largest absolute Gasteiger partial charge is 0.493 e. The summed E-state index contributed by atoms with van der Waals surface area (Å²) < 4.78 is 15.4. The van der Waals surface area contributed by atoms with Crippen LogP contribution in [-0.2, 0) is 16.1 Å². The maximum Gasteiger partial charge on any atom is 0.325 e. The number of carbonyl (C=O) groups excluding carboxylic acids is 2. The molecule has 0 aliphatic rings. The van der Waals surface area contributed by atoms with Gasteiger partial charge in [0.2, 0.25) is 0 Å². The van der Waals surface area contributed by atoms with Gasteiger partial charge in [-0.15, -0.1) is 0 Å². The van der Waals surface area contributed by atoms with Crippen molar-refractivity contribution in [2.24, 2.45) is 0 Å². The summed E-state index contributed by atoms with van der Waals surface area (Å²) in [5.41, 5.74) is 1.25. The summed E-state index contributed by atoms with van der Waals surface area (Å²) >= 11 is 0. The fourth-order valence-corrected chi connectivity index (χ4v) is 2.02. The molecule has 24 heavy (non-hydrogen) atoms. The summed E-state index contributed by atoms with van der Waals surface area (Å²) in [6.07, 6.45) is 0. The number of rotatable bonds is 7. The van der Waals surface area contributed by atoms with Crippen molar-refractivity contribution >= 4 is 11.9 Å². The molecule has 0 spiro atoms. The number of ether oxygens (including phenoxy) is 3. The average molecular weight is 329 g/mol. The van der Waals surface area contributed by atoms with Crippen molar-refractivity contribution in [1.29, 1.82) is 0 Å². The third-order valence-corrected chi connectivity index (χ3v) is 3.28. The van der Waals surface area contributed by atoms with Crippen LogP contribution in [0.25, 0.3) is 0 Å². The van der Waals surface area contributed by atoms with Crippen LogP contribution in [0.1, 0.15) is 15.9 Å². The number of esters is 1. The molecular weight excluding hydrogens is 310 g/mol. The van der Waals surface area contributed by atoms with Gasteiger partial charge in [0, 0.05) is 5.56 Å². The van der Waals surface area contributed by atoms with E-state index in [9.17, 15) is 9.59 Å². The first kappa shape index (κ1) is 17.3. The third kappa shape index (κ3) is 4.74. The molecule has 126 valence electrons. The Morgan fingerprint density at radius 2 is 1.67 bits per heavy atom. The number of nitrogens with one attached hydrogen (secondary N) is 1. The van der Waals surface area contributed by atoms with Gasteiger partial charge in [0.05, 0.1) is 14.2 Å². The summed E-state index contributed by atoms with van der Waals surface area (Å²) in [5, 5.41) is 2.51. The summed E-state index contributed by atoms with van der Waals surface area (Å²) in [6.45, 7) is -0.0358. The van der Waals surface area contributed by atoms with E-state index in [1.165, 1.54) is 14.2 Å². The zero-order chi connectivity index (χ0) is 17.4. The highest BCUT2D eigenvalue weighted by Gasteiger charge is 2.12. The number of carbonyl (C=O) groups is 2. The molecule has 6 nitrogen and oxygen atoms in total. The SMILES string of the molecule is COc1ccc(C(=O)NCC(=O)OCc2ccccc2)cc1OC. The number of benzene rings is 2. The number of hydrogen-bond acceptors (Lipinski definition) is 5. The predicted octanol–water partition coefficient (Wildman–Crippen LogP) is 2.18. The molecule has 0 bridgehead atoms. The van der Waals surface area contributed by atoms with E-state index in [1.54, 1.807) is 18.2 Å². The highest BCUT2D eigenvalue weighted by Crippen LogP contribution is 2.27. The molecule has 2 aromatic rings. The van der Waals surface area contributed by atoms with Crippen LogP contribution >= 0.6 is 0 Å². The molecule has 0 fully saturated rings. The summed E-state index contributed by atoms with van der Waals surface area (Å²) in [5.74, 6) is 0.0634. The Morgan fingerprint density at radius 3 is 2.33 bits per heavy atom. The molecule has 0 unspecified atom stereocenters. The van der Waals surface area contributed by atoms with Crippen LogP contribution in [0.2, 0.25) is 0 Å². The van der Waals surface area contributed by atoms with Crippen LogP contribution < -0.4 is 14.8 Å². The first-order chi connectivity index (χ1) is 11.6. The molecule has 0 aliphatic carbocycles. The fourth-order valence-electron chi connectivity index (χ4n) is 2.02. The minimum Gasteiger partial charge on any atom is -0.493 e. The Labute approximate surface area is 140 Å². The van der Waals surface area contributed by atoms with E-state index in [-0.39, 0.29) is 13.2 Å². The maximum atomic E-state index is 12.1. The van der Waals surface area contributed by atoms with Crippen LogP contribution in [0.15, 0.2) is 48.5 Å².